The third kappa shape index (κ3) is 3.45. The van der Waals surface area contributed by atoms with Crippen LogP contribution < -0.4 is 14.8 Å². The standard InChI is InChI=1S/C21H23NO5/c1-26-19-11-14(2-4-17(19)24)21(25)22-20(15-9-16(23)10-15)13-3-5-18-12(8-13)6-7-27-18/h2-5,8,11,15-16,20,23-24H,6-7,9-10H2,1H3,(H,22,25)/t15?,16?,20-/m0/s1. The molecule has 1 aliphatic carbocycles. The Morgan fingerprint density at radius 1 is 1.26 bits per heavy atom. The zero-order chi connectivity index (χ0) is 19.0. The summed E-state index contributed by atoms with van der Waals surface area (Å²) in [5.74, 6) is 1.10. The third-order valence-electron chi connectivity index (χ3n) is 5.42. The number of phenols is 1. The lowest BCUT2D eigenvalue weighted by atomic mass is 9.74. The molecule has 1 amide bonds. The number of hydrogen-bond donors (Lipinski definition) is 3. The number of amides is 1. The number of rotatable bonds is 5. The second kappa shape index (κ2) is 7.12. The Hall–Kier alpha value is -2.73. The first-order chi connectivity index (χ1) is 13.0. The average Bonchev–Trinajstić information content (AvgIpc) is 3.11. The molecule has 2 aromatic rings. The Morgan fingerprint density at radius 2 is 2.07 bits per heavy atom. The van der Waals surface area contributed by atoms with Gasteiger partial charge in [-0.15, -0.1) is 0 Å². The van der Waals surface area contributed by atoms with Crippen LogP contribution in [0.5, 0.6) is 17.2 Å². The topological polar surface area (TPSA) is 88.0 Å². The van der Waals surface area contributed by atoms with E-state index < -0.39 is 0 Å². The Balaban J connectivity index is 1.59. The van der Waals surface area contributed by atoms with Crippen LogP contribution in [0.15, 0.2) is 36.4 Å². The molecule has 0 radical (unpaired) electrons. The number of hydrogen-bond acceptors (Lipinski definition) is 5. The van der Waals surface area contributed by atoms with Crippen molar-refractivity contribution in [1.29, 1.82) is 0 Å². The van der Waals surface area contributed by atoms with E-state index in [9.17, 15) is 15.0 Å². The molecule has 0 spiro atoms. The van der Waals surface area contributed by atoms with Crippen molar-refractivity contribution in [3.8, 4) is 17.2 Å². The van der Waals surface area contributed by atoms with Crippen LogP contribution in [-0.4, -0.2) is 35.9 Å². The second-order valence-electron chi connectivity index (χ2n) is 7.19. The van der Waals surface area contributed by atoms with Crippen LogP contribution in [0.3, 0.4) is 0 Å². The molecule has 0 unspecified atom stereocenters. The van der Waals surface area contributed by atoms with Gasteiger partial charge >= 0.3 is 0 Å². The number of carbonyl (C=O) groups is 1. The minimum absolute atomic E-state index is 0.00802. The van der Waals surface area contributed by atoms with Crippen LogP contribution in [0.1, 0.15) is 40.4 Å². The predicted octanol–water partition coefficient (Wildman–Crippen LogP) is 2.58. The highest BCUT2D eigenvalue weighted by molar-refractivity contribution is 5.95. The maximum absolute atomic E-state index is 12.8. The SMILES string of the molecule is COc1cc(C(=O)N[C@@H](c2ccc3c(c2)CCO3)C2CC(O)C2)ccc1O. The Labute approximate surface area is 157 Å². The minimum Gasteiger partial charge on any atom is -0.504 e. The first-order valence-corrected chi connectivity index (χ1v) is 9.16. The van der Waals surface area contributed by atoms with E-state index in [1.165, 1.54) is 19.2 Å². The summed E-state index contributed by atoms with van der Waals surface area (Å²) in [5, 5.41) is 22.6. The zero-order valence-electron chi connectivity index (χ0n) is 15.1. The normalized spacial score (nSPS) is 21.6. The first kappa shape index (κ1) is 17.7. The number of methoxy groups -OCH3 is 1. The highest BCUT2D eigenvalue weighted by Crippen LogP contribution is 2.40. The van der Waals surface area contributed by atoms with Crippen LogP contribution in [0, 0.1) is 5.92 Å². The molecule has 4 rings (SSSR count). The molecule has 1 atom stereocenters. The van der Waals surface area contributed by atoms with Gasteiger partial charge in [0.2, 0.25) is 0 Å². The lowest BCUT2D eigenvalue weighted by Crippen LogP contribution is -2.41. The van der Waals surface area contributed by atoms with E-state index in [0.29, 0.717) is 25.0 Å². The summed E-state index contributed by atoms with van der Waals surface area (Å²) in [6.07, 6.45) is 1.89. The average molecular weight is 369 g/mol. The quantitative estimate of drug-likeness (QED) is 0.754. The Kier molecular flexibility index (Phi) is 4.66. The van der Waals surface area contributed by atoms with Gasteiger partial charge in [0.15, 0.2) is 11.5 Å². The van der Waals surface area contributed by atoms with Crippen molar-refractivity contribution in [3.05, 3.63) is 53.1 Å². The van der Waals surface area contributed by atoms with Crippen molar-refractivity contribution in [2.75, 3.05) is 13.7 Å². The van der Waals surface area contributed by atoms with Crippen LogP contribution in [-0.2, 0) is 6.42 Å². The van der Waals surface area contributed by atoms with Crippen LogP contribution in [0.25, 0.3) is 0 Å². The minimum atomic E-state index is -0.305. The van der Waals surface area contributed by atoms with E-state index in [1.807, 2.05) is 12.1 Å². The fraction of sp³-hybridized carbons (Fsp3) is 0.381. The van der Waals surface area contributed by atoms with E-state index in [2.05, 4.69) is 11.4 Å². The Bertz CT molecular complexity index is 860. The maximum Gasteiger partial charge on any atom is 0.251 e. The van der Waals surface area contributed by atoms with Crippen LogP contribution >= 0.6 is 0 Å². The number of phenolic OH excluding ortho intramolecular Hbond substituents is 1. The molecule has 0 aromatic heterocycles. The van der Waals surface area contributed by atoms with Gasteiger partial charge < -0.3 is 25.0 Å². The monoisotopic (exact) mass is 369 g/mol. The zero-order valence-corrected chi connectivity index (χ0v) is 15.1. The van der Waals surface area contributed by atoms with Gasteiger partial charge in [0, 0.05) is 12.0 Å². The fourth-order valence-electron chi connectivity index (χ4n) is 3.82. The van der Waals surface area contributed by atoms with Gasteiger partial charge in [-0.05, 0) is 60.2 Å². The number of fused-ring (bicyclic) bond motifs is 1. The van der Waals surface area contributed by atoms with Gasteiger partial charge in [-0.25, -0.2) is 0 Å². The lowest BCUT2D eigenvalue weighted by molar-refractivity contribution is 0.0235. The van der Waals surface area contributed by atoms with Gasteiger partial charge in [0.1, 0.15) is 5.75 Å². The highest BCUT2D eigenvalue weighted by Gasteiger charge is 2.36. The van der Waals surface area contributed by atoms with Crippen molar-refractivity contribution >= 4 is 5.91 Å². The summed E-state index contributed by atoms with van der Waals surface area (Å²) in [7, 11) is 1.45. The fourth-order valence-corrected chi connectivity index (χ4v) is 3.82. The molecule has 1 fully saturated rings. The number of benzene rings is 2. The number of aliphatic hydroxyl groups excluding tert-OH is 1. The van der Waals surface area contributed by atoms with Gasteiger partial charge in [0.05, 0.1) is 25.9 Å². The van der Waals surface area contributed by atoms with E-state index in [0.717, 1.165) is 23.3 Å². The van der Waals surface area contributed by atoms with Gasteiger partial charge in [0.25, 0.3) is 5.91 Å². The van der Waals surface area contributed by atoms with E-state index in [1.54, 1.807) is 6.07 Å². The van der Waals surface area contributed by atoms with Crippen LogP contribution in [0.2, 0.25) is 0 Å². The smallest absolute Gasteiger partial charge is 0.251 e. The van der Waals surface area contributed by atoms with E-state index in [4.69, 9.17) is 9.47 Å². The summed E-state index contributed by atoms with van der Waals surface area (Å²) in [5.41, 5.74) is 2.59. The molecule has 0 saturated heterocycles. The van der Waals surface area contributed by atoms with E-state index >= 15 is 0 Å². The molecule has 3 N–H and O–H groups in total. The van der Waals surface area contributed by atoms with Crippen molar-refractivity contribution in [2.45, 2.75) is 31.4 Å². The van der Waals surface area contributed by atoms with Gasteiger partial charge in [-0.1, -0.05) is 6.07 Å². The lowest BCUT2D eigenvalue weighted by Gasteiger charge is -2.38. The number of nitrogens with one attached hydrogen (secondary N) is 1. The second-order valence-corrected chi connectivity index (χ2v) is 7.19. The highest BCUT2D eigenvalue weighted by atomic mass is 16.5. The summed E-state index contributed by atoms with van der Waals surface area (Å²) >= 11 is 0. The molecule has 1 aliphatic heterocycles. The Morgan fingerprint density at radius 3 is 2.81 bits per heavy atom. The molecule has 142 valence electrons. The molecule has 2 aliphatic rings. The summed E-state index contributed by atoms with van der Waals surface area (Å²) < 4.78 is 10.7. The molecule has 2 aromatic carbocycles. The van der Waals surface area contributed by atoms with E-state index in [-0.39, 0.29) is 35.5 Å². The molecule has 6 nitrogen and oxygen atoms in total. The largest absolute Gasteiger partial charge is 0.504 e. The molecule has 1 heterocycles. The van der Waals surface area contributed by atoms with Crippen molar-refractivity contribution in [3.63, 3.8) is 0 Å². The summed E-state index contributed by atoms with van der Waals surface area (Å²) in [6.45, 7) is 0.686. The molecule has 6 heteroatoms. The first-order valence-electron chi connectivity index (χ1n) is 9.16. The number of carbonyl (C=O) groups excluding carboxylic acids is 1. The maximum atomic E-state index is 12.8. The summed E-state index contributed by atoms with van der Waals surface area (Å²) in [4.78, 5) is 12.8. The van der Waals surface area contributed by atoms with Gasteiger partial charge in [-0.2, -0.15) is 0 Å². The number of aliphatic hydroxyl groups is 1. The molecule has 1 saturated carbocycles. The van der Waals surface area contributed by atoms with Crippen molar-refractivity contribution in [2.24, 2.45) is 5.92 Å². The summed E-state index contributed by atoms with van der Waals surface area (Å²) in [6, 6.07) is 10.4. The molecular weight excluding hydrogens is 346 g/mol. The predicted molar refractivity (Wildman–Crippen MR) is 99.2 cm³/mol. The molecule has 27 heavy (non-hydrogen) atoms. The van der Waals surface area contributed by atoms with Crippen LogP contribution in [0.4, 0.5) is 0 Å². The number of ether oxygens (including phenoxy) is 2. The molecular formula is C21H23NO5. The third-order valence-corrected chi connectivity index (χ3v) is 5.42. The number of aromatic hydroxyl groups is 1. The van der Waals surface area contributed by atoms with Crippen molar-refractivity contribution in [1.82, 2.24) is 5.32 Å². The van der Waals surface area contributed by atoms with Crippen molar-refractivity contribution < 1.29 is 24.5 Å². The molecule has 0 bridgehead atoms. The van der Waals surface area contributed by atoms with Gasteiger partial charge in [-0.3, -0.25) is 4.79 Å².